The molecule has 1 aromatic rings. The molecule has 1 aliphatic carbocycles. The highest BCUT2D eigenvalue weighted by Crippen LogP contribution is 2.48. The highest BCUT2D eigenvalue weighted by Gasteiger charge is 2.53. The predicted octanol–water partition coefficient (Wildman–Crippen LogP) is 2.78. The van der Waals surface area contributed by atoms with Crippen molar-refractivity contribution in [1.29, 1.82) is 0 Å². The van der Waals surface area contributed by atoms with Crippen LogP contribution in [0.5, 0.6) is 0 Å². The Kier molecular flexibility index (Phi) is 11.3. The van der Waals surface area contributed by atoms with E-state index in [-0.39, 0.29) is 11.8 Å². The van der Waals surface area contributed by atoms with Crippen LogP contribution in [-0.4, -0.2) is 61.9 Å². The molecule has 178 valence electrons. The third kappa shape index (κ3) is 7.30. The summed E-state index contributed by atoms with van der Waals surface area (Å²) < 4.78 is 5.39. The molecule has 0 radical (unpaired) electrons. The number of amides is 3. The van der Waals surface area contributed by atoms with Crippen LogP contribution >= 0.6 is 15.9 Å². The second kappa shape index (κ2) is 13.2. The van der Waals surface area contributed by atoms with Crippen LogP contribution in [0.1, 0.15) is 44.0 Å². The SMILES string of the molecule is CN.COC(=O)NC(C(=O)N1C(C)CC2CC21)C(C)C.O=CNc1ccc(Br)cc1C=O. The minimum Gasteiger partial charge on any atom is -0.453 e. The van der Waals surface area contributed by atoms with Crippen LogP contribution in [-0.2, 0) is 14.3 Å². The molecule has 1 saturated heterocycles. The normalized spacial score (nSPS) is 21.0. The number of nitrogens with one attached hydrogen (secondary N) is 2. The van der Waals surface area contributed by atoms with Crippen molar-refractivity contribution < 1.29 is 23.9 Å². The van der Waals surface area contributed by atoms with Crippen LogP contribution in [0, 0.1) is 11.8 Å². The number of methoxy groups -OCH3 is 1. The van der Waals surface area contributed by atoms with E-state index in [1.807, 2.05) is 18.7 Å². The Balaban J connectivity index is 0.000000318. The molecule has 4 unspecified atom stereocenters. The molecule has 3 rings (SSSR count). The van der Waals surface area contributed by atoms with E-state index in [1.54, 1.807) is 18.2 Å². The van der Waals surface area contributed by atoms with Gasteiger partial charge in [-0.25, -0.2) is 4.79 Å². The molecule has 0 bridgehead atoms. The highest BCUT2D eigenvalue weighted by atomic mass is 79.9. The molecule has 10 heteroatoms. The Morgan fingerprint density at radius 2 is 1.91 bits per heavy atom. The molecule has 3 amide bonds. The summed E-state index contributed by atoms with van der Waals surface area (Å²) in [6.07, 6.45) is 2.91. The van der Waals surface area contributed by atoms with Crippen molar-refractivity contribution in [2.45, 2.75) is 51.7 Å². The number of likely N-dealkylation sites (tertiary alicyclic amines) is 1. The number of nitrogens with zero attached hydrogens (tertiary/aromatic N) is 1. The summed E-state index contributed by atoms with van der Waals surface area (Å²) in [6.45, 7) is 5.95. The topological polar surface area (TPSA) is 131 Å². The standard InChI is InChI=1S/C13H22N2O3.C8H6BrNO2.CH5N/c1-7(2)11(14-13(17)18-4)12(16)15-8(3)5-9-6-10(9)15;9-7-1-2-8(10-5-12)6(3-7)4-11;1-2/h7-11H,5-6H2,1-4H3,(H,14,17);1-5H,(H,10,12);2H2,1H3. The lowest BCUT2D eigenvalue weighted by molar-refractivity contribution is -0.136. The lowest BCUT2D eigenvalue weighted by Crippen LogP contribution is -2.53. The zero-order valence-corrected chi connectivity index (χ0v) is 20.7. The quantitative estimate of drug-likeness (QED) is 0.502. The van der Waals surface area contributed by atoms with Crippen molar-refractivity contribution in [3.05, 3.63) is 28.2 Å². The molecule has 0 aromatic heterocycles. The van der Waals surface area contributed by atoms with Gasteiger partial charge >= 0.3 is 6.09 Å². The second-order valence-electron chi connectivity index (χ2n) is 7.86. The van der Waals surface area contributed by atoms with E-state index in [2.05, 4.69) is 44.0 Å². The van der Waals surface area contributed by atoms with Crippen LogP contribution in [0.3, 0.4) is 0 Å². The predicted molar refractivity (Wildman–Crippen MR) is 126 cm³/mol. The number of aldehydes is 1. The summed E-state index contributed by atoms with van der Waals surface area (Å²) in [5, 5.41) is 5.07. The fourth-order valence-electron chi connectivity index (χ4n) is 3.77. The van der Waals surface area contributed by atoms with Crippen molar-refractivity contribution >= 4 is 46.3 Å². The summed E-state index contributed by atoms with van der Waals surface area (Å²) in [5.41, 5.74) is 5.47. The van der Waals surface area contributed by atoms with Crippen molar-refractivity contribution in [1.82, 2.24) is 10.2 Å². The molecular formula is C22H33BrN4O5. The summed E-state index contributed by atoms with van der Waals surface area (Å²) >= 11 is 3.21. The van der Waals surface area contributed by atoms with Crippen LogP contribution in [0.4, 0.5) is 10.5 Å². The summed E-state index contributed by atoms with van der Waals surface area (Å²) in [5.74, 6) is 0.782. The monoisotopic (exact) mass is 512 g/mol. The molecule has 0 spiro atoms. The van der Waals surface area contributed by atoms with Crippen LogP contribution in [0.2, 0.25) is 0 Å². The largest absolute Gasteiger partial charge is 0.453 e. The second-order valence-corrected chi connectivity index (χ2v) is 8.78. The molecule has 1 aromatic carbocycles. The molecule has 2 fully saturated rings. The molecule has 1 saturated carbocycles. The van der Waals surface area contributed by atoms with Gasteiger partial charge in [-0.05, 0) is 56.8 Å². The van der Waals surface area contributed by atoms with Gasteiger partial charge in [-0.2, -0.15) is 0 Å². The van der Waals surface area contributed by atoms with Gasteiger partial charge in [0.25, 0.3) is 0 Å². The molecule has 4 atom stereocenters. The number of piperidine rings is 1. The van der Waals surface area contributed by atoms with E-state index in [1.165, 1.54) is 14.2 Å². The lowest BCUT2D eigenvalue weighted by Gasteiger charge is -2.31. The van der Waals surface area contributed by atoms with Gasteiger partial charge in [0, 0.05) is 22.1 Å². The first-order valence-electron chi connectivity index (χ1n) is 10.4. The summed E-state index contributed by atoms with van der Waals surface area (Å²) in [7, 11) is 2.81. The highest BCUT2D eigenvalue weighted by molar-refractivity contribution is 9.10. The van der Waals surface area contributed by atoms with Gasteiger partial charge in [-0.3, -0.25) is 14.4 Å². The van der Waals surface area contributed by atoms with Gasteiger partial charge in [-0.1, -0.05) is 29.8 Å². The van der Waals surface area contributed by atoms with Crippen molar-refractivity contribution in [2.24, 2.45) is 17.6 Å². The minimum atomic E-state index is -0.541. The van der Waals surface area contributed by atoms with Gasteiger partial charge in [-0.15, -0.1) is 0 Å². The van der Waals surface area contributed by atoms with Crippen molar-refractivity contribution in [3.8, 4) is 0 Å². The van der Waals surface area contributed by atoms with E-state index in [0.29, 0.717) is 41.9 Å². The first kappa shape index (κ1) is 27.6. The zero-order valence-electron chi connectivity index (χ0n) is 19.1. The molecule has 32 heavy (non-hydrogen) atoms. The Bertz CT molecular complexity index is 803. The maximum Gasteiger partial charge on any atom is 0.407 e. The maximum absolute atomic E-state index is 12.5. The number of carbonyl (C=O) groups is 4. The third-order valence-electron chi connectivity index (χ3n) is 5.36. The fourth-order valence-corrected chi connectivity index (χ4v) is 4.15. The smallest absolute Gasteiger partial charge is 0.407 e. The average molecular weight is 513 g/mol. The fraction of sp³-hybridized carbons (Fsp3) is 0.545. The lowest BCUT2D eigenvalue weighted by atomic mass is 10.0. The molecule has 2 aliphatic rings. The summed E-state index contributed by atoms with van der Waals surface area (Å²) in [6, 6.07) is 5.26. The molecular weight excluding hydrogens is 480 g/mol. The number of hydrogen-bond donors (Lipinski definition) is 3. The number of hydrogen-bond acceptors (Lipinski definition) is 6. The van der Waals surface area contributed by atoms with Gasteiger partial charge < -0.3 is 26.0 Å². The molecule has 1 aliphatic heterocycles. The van der Waals surface area contributed by atoms with Gasteiger partial charge in [0.1, 0.15) is 6.04 Å². The summed E-state index contributed by atoms with van der Waals surface area (Å²) in [4.78, 5) is 46.4. The van der Waals surface area contributed by atoms with Crippen molar-refractivity contribution in [2.75, 3.05) is 19.5 Å². The van der Waals surface area contributed by atoms with Crippen LogP contribution < -0.4 is 16.4 Å². The number of fused-ring (bicyclic) bond motifs is 1. The maximum atomic E-state index is 12.5. The zero-order chi connectivity index (χ0) is 24.4. The minimum absolute atomic E-state index is 0.0351. The van der Waals surface area contributed by atoms with E-state index < -0.39 is 12.1 Å². The average Bonchev–Trinajstić information content (AvgIpc) is 3.44. The first-order valence-corrected chi connectivity index (χ1v) is 11.2. The number of halogens is 1. The van der Waals surface area contributed by atoms with Crippen LogP contribution in [0.25, 0.3) is 0 Å². The van der Waals surface area contributed by atoms with E-state index in [0.717, 1.165) is 17.3 Å². The van der Waals surface area contributed by atoms with Gasteiger partial charge in [0.15, 0.2) is 6.29 Å². The van der Waals surface area contributed by atoms with E-state index in [4.69, 9.17) is 0 Å². The number of alkyl carbamates (subject to hydrolysis) is 1. The van der Waals surface area contributed by atoms with E-state index >= 15 is 0 Å². The first-order chi connectivity index (χ1) is 15.2. The number of nitrogens with two attached hydrogens (primary N) is 1. The molecule has 9 nitrogen and oxygen atoms in total. The molecule has 1 heterocycles. The Morgan fingerprint density at radius 3 is 2.38 bits per heavy atom. The number of ether oxygens (including phenoxy) is 1. The number of benzene rings is 1. The van der Waals surface area contributed by atoms with Gasteiger partial charge in [0.05, 0.1) is 12.8 Å². The number of carbonyl (C=O) groups excluding carboxylic acids is 4. The Morgan fingerprint density at radius 1 is 1.25 bits per heavy atom. The number of anilines is 1. The third-order valence-corrected chi connectivity index (χ3v) is 5.86. The van der Waals surface area contributed by atoms with Gasteiger partial charge in [0.2, 0.25) is 12.3 Å². The van der Waals surface area contributed by atoms with Crippen molar-refractivity contribution in [3.63, 3.8) is 0 Å². The number of rotatable bonds is 6. The Hall–Kier alpha value is -2.46. The molecule has 4 N–H and O–H groups in total. The van der Waals surface area contributed by atoms with Crippen LogP contribution in [0.15, 0.2) is 22.7 Å². The Labute approximate surface area is 197 Å². The van der Waals surface area contributed by atoms with E-state index in [9.17, 15) is 19.2 Å².